The van der Waals surface area contributed by atoms with Gasteiger partial charge in [0.2, 0.25) is 5.91 Å². The summed E-state index contributed by atoms with van der Waals surface area (Å²) in [6.07, 6.45) is 0. The van der Waals surface area contributed by atoms with E-state index in [-0.39, 0.29) is 11.8 Å². The van der Waals surface area contributed by atoms with E-state index in [4.69, 9.17) is 0 Å². The standard InChI is InChI=1S/C28H32N4O3/c1-19(2)28(35)32-16-14-31(15-17-32)23-12-10-22(11-13-23)29-27(34)26(33)25-24(18-20(3)30(25)4)21-8-6-5-7-9-21/h5-13,18-19H,14-17H2,1-4H3,(H,29,34). The van der Waals surface area contributed by atoms with Crippen LogP contribution in [-0.2, 0) is 16.6 Å². The van der Waals surface area contributed by atoms with E-state index in [2.05, 4.69) is 10.2 Å². The highest BCUT2D eigenvalue weighted by molar-refractivity contribution is 6.47. The zero-order valence-corrected chi connectivity index (χ0v) is 20.7. The van der Waals surface area contributed by atoms with Crippen molar-refractivity contribution in [2.24, 2.45) is 13.0 Å². The molecule has 1 saturated heterocycles. The number of rotatable bonds is 6. The normalized spacial score (nSPS) is 13.7. The van der Waals surface area contributed by atoms with Gasteiger partial charge < -0.3 is 19.7 Å². The number of amides is 2. The van der Waals surface area contributed by atoms with Gasteiger partial charge in [-0.3, -0.25) is 14.4 Å². The molecule has 1 fully saturated rings. The van der Waals surface area contributed by atoms with Gasteiger partial charge in [-0.15, -0.1) is 0 Å². The Morgan fingerprint density at radius 2 is 1.51 bits per heavy atom. The van der Waals surface area contributed by atoms with Gasteiger partial charge in [0.15, 0.2) is 0 Å². The molecule has 3 aromatic rings. The van der Waals surface area contributed by atoms with E-state index in [1.165, 1.54) is 0 Å². The summed E-state index contributed by atoms with van der Waals surface area (Å²) >= 11 is 0. The van der Waals surface area contributed by atoms with Crippen molar-refractivity contribution in [1.29, 1.82) is 0 Å². The van der Waals surface area contributed by atoms with Gasteiger partial charge in [-0.2, -0.15) is 0 Å². The Labute approximate surface area is 206 Å². The summed E-state index contributed by atoms with van der Waals surface area (Å²) in [5, 5.41) is 2.75. The van der Waals surface area contributed by atoms with Crippen LogP contribution in [0.25, 0.3) is 11.1 Å². The van der Waals surface area contributed by atoms with Crippen LogP contribution in [0.5, 0.6) is 0 Å². The molecule has 4 rings (SSSR count). The van der Waals surface area contributed by atoms with Gasteiger partial charge in [0, 0.05) is 61.8 Å². The minimum absolute atomic E-state index is 0.00964. The van der Waals surface area contributed by atoms with Gasteiger partial charge in [0.05, 0.1) is 0 Å². The Hall–Kier alpha value is -3.87. The second-order valence-corrected chi connectivity index (χ2v) is 9.27. The molecule has 0 unspecified atom stereocenters. The van der Waals surface area contributed by atoms with Crippen LogP contribution in [0, 0.1) is 12.8 Å². The van der Waals surface area contributed by atoms with Crippen molar-refractivity contribution in [3.63, 3.8) is 0 Å². The molecule has 2 heterocycles. The number of nitrogens with zero attached hydrogens (tertiary/aromatic N) is 3. The highest BCUT2D eigenvalue weighted by atomic mass is 16.2. The van der Waals surface area contributed by atoms with E-state index >= 15 is 0 Å². The maximum Gasteiger partial charge on any atom is 0.298 e. The minimum Gasteiger partial charge on any atom is -0.368 e. The van der Waals surface area contributed by atoms with E-state index in [1.54, 1.807) is 23.7 Å². The predicted molar refractivity (Wildman–Crippen MR) is 139 cm³/mol. The molecule has 0 saturated carbocycles. The van der Waals surface area contributed by atoms with E-state index in [1.807, 2.05) is 74.2 Å². The van der Waals surface area contributed by atoms with Gasteiger partial charge >= 0.3 is 0 Å². The van der Waals surface area contributed by atoms with Crippen molar-refractivity contribution in [2.45, 2.75) is 20.8 Å². The number of aryl methyl sites for hydroxylation is 1. The molecule has 0 aliphatic carbocycles. The smallest absolute Gasteiger partial charge is 0.298 e. The molecule has 1 N–H and O–H groups in total. The molecule has 2 amide bonds. The van der Waals surface area contributed by atoms with Gasteiger partial charge in [-0.05, 0) is 42.8 Å². The molecular weight excluding hydrogens is 440 g/mol. The van der Waals surface area contributed by atoms with Crippen LogP contribution < -0.4 is 10.2 Å². The first-order valence-electron chi connectivity index (χ1n) is 12.0. The number of piperazine rings is 1. The van der Waals surface area contributed by atoms with Crippen LogP contribution in [0.4, 0.5) is 11.4 Å². The highest BCUT2D eigenvalue weighted by Gasteiger charge is 2.26. The molecule has 182 valence electrons. The Morgan fingerprint density at radius 3 is 2.11 bits per heavy atom. The Bertz CT molecular complexity index is 1220. The van der Waals surface area contributed by atoms with Crippen molar-refractivity contribution in [1.82, 2.24) is 9.47 Å². The van der Waals surface area contributed by atoms with Gasteiger partial charge in [0.25, 0.3) is 11.7 Å². The number of Topliss-reactive ketones (excluding diaryl/α,β-unsaturated/α-hetero) is 1. The molecule has 1 aliphatic rings. The second-order valence-electron chi connectivity index (χ2n) is 9.27. The highest BCUT2D eigenvalue weighted by Crippen LogP contribution is 2.27. The van der Waals surface area contributed by atoms with Crippen LogP contribution in [0.3, 0.4) is 0 Å². The van der Waals surface area contributed by atoms with Crippen LogP contribution in [-0.4, -0.2) is 53.2 Å². The molecule has 0 radical (unpaired) electrons. The van der Waals surface area contributed by atoms with Crippen molar-refractivity contribution in [3.05, 3.63) is 72.1 Å². The van der Waals surface area contributed by atoms with E-state index < -0.39 is 11.7 Å². The Balaban J connectivity index is 1.43. The predicted octanol–water partition coefficient (Wildman–Crippen LogP) is 4.13. The average molecular weight is 473 g/mol. The van der Waals surface area contributed by atoms with Crippen molar-refractivity contribution in [2.75, 3.05) is 36.4 Å². The lowest BCUT2D eigenvalue weighted by Crippen LogP contribution is -2.49. The number of hydrogen-bond donors (Lipinski definition) is 1. The molecule has 35 heavy (non-hydrogen) atoms. The van der Waals surface area contributed by atoms with Crippen LogP contribution in [0.15, 0.2) is 60.7 Å². The quantitative estimate of drug-likeness (QED) is 0.433. The summed E-state index contributed by atoms with van der Waals surface area (Å²) in [6, 6.07) is 19.0. The fourth-order valence-corrected chi connectivity index (χ4v) is 4.44. The van der Waals surface area contributed by atoms with E-state index in [0.29, 0.717) is 24.5 Å². The topological polar surface area (TPSA) is 74.7 Å². The third-order valence-electron chi connectivity index (χ3n) is 6.55. The molecule has 2 aromatic carbocycles. The first kappa shape index (κ1) is 24.3. The first-order chi connectivity index (χ1) is 16.8. The lowest BCUT2D eigenvalue weighted by Gasteiger charge is -2.37. The monoisotopic (exact) mass is 472 g/mol. The lowest BCUT2D eigenvalue weighted by molar-refractivity contribution is -0.134. The molecule has 1 aromatic heterocycles. The largest absolute Gasteiger partial charge is 0.368 e. The maximum absolute atomic E-state index is 13.2. The zero-order valence-electron chi connectivity index (χ0n) is 20.7. The zero-order chi connectivity index (χ0) is 25.1. The molecule has 1 aliphatic heterocycles. The Morgan fingerprint density at radius 1 is 0.886 bits per heavy atom. The summed E-state index contributed by atoms with van der Waals surface area (Å²) in [4.78, 5) is 42.4. The first-order valence-corrected chi connectivity index (χ1v) is 12.0. The number of nitrogens with one attached hydrogen (secondary N) is 1. The molecule has 0 bridgehead atoms. The maximum atomic E-state index is 13.2. The third kappa shape index (κ3) is 5.14. The van der Waals surface area contributed by atoms with Crippen LogP contribution >= 0.6 is 0 Å². The Kier molecular flexibility index (Phi) is 7.05. The molecule has 0 atom stereocenters. The van der Waals surface area contributed by atoms with E-state index in [9.17, 15) is 14.4 Å². The lowest BCUT2D eigenvalue weighted by atomic mass is 10.0. The third-order valence-corrected chi connectivity index (χ3v) is 6.55. The summed E-state index contributed by atoms with van der Waals surface area (Å²) in [5.74, 6) is -1.04. The van der Waals surface area contributed by atoms with Crippen molar-refractivity contribution >= 4 is 29.0 Å². The van der Waals surface area contributed by atoms with Crippen molar-refractivity contribution in [3.8, 4) is 11.1 Å². The number of carbonyl (C=O) groups is 3. The summed E-state index contributed by atoms with van der Waals surface area (Å²) < 4.78 is 1.76. The fourth-order valence-electron chi connectivity index (χ4n) is 4.44. The average Bonchev–Trinajstić information content (AvgIpc) is 3.18. The van der Waals surface area contributed by atoms with Crippen LogP contribution in [0.1, 0.15) is 30.0 Å². The van der Waals surface area contributed by atoms with E-state index in [0.717, 1.165) is 35.6 Å². The number of benzene rings is 2. The van der Waals surface area contributed by atoms with Crippen molar-refractivity contribution < 1.29 is 14.4 Å². The number of aromatic nitrogens is 1. The summed E-state index contributed by atoms with van der Waals surface area (Å²) in [5.41, 5.74) is 4.50. The number of ketones is 1. The molecule has 7 nitrogen and oxygen atoms in total. The van der Waals surface area contributed by atoms with Gasteiger partial charge in [-0.1, -0.05) is 44.2 Å². The number of carbonyl (C=O) groups excluding carboxylic acids is 3. The molecule has 0 spiro atoms. The number of anilines is 2. The SMILES string of the molecule is Cc1cc(-c2ccccc2)c(C(=O)C(=O)Nc2ccc(N3CCN(C(=O)C(C)C)CC3)cc2)n1C. The fraction of sp³-hybridized carbons (Fsp3) is 0.321. The second kappa shape index (κ2) is 10.2. The summed E-state index contributed by atoms with van der Waals surface area (Å²) in [6.45, 7) is 8.68. The number of hydrogen-bond acceptors (Lipinski definition) is 4. The molecular formula is C28H32N4O3. The van der Waals surface area contributed by atoms with Gasteiger partial charge in [-0.25, -0.2) is 0 Å². The van der Waals surface area contributed by atoms with Gasteiger partial charge in [0.1, 0.15) is 5.69 Å². The van der Waals surface area contributed by atoms with Crippen LogP contribution in [0.2, 0.25) is 0 Å². The molecule has 7 heteroatoms. The minimum atomic E-state index is -0.669. The summed E-state index contributed by atoms with van der Waals surface area (Å²) in [7, 11) is 1.80.